The van der Waals surface area contributed by atoms with E-state index in [9.17, 15) is 23.3 Å². The van der Waals surface area contributed by atoms with Crippen LogP contribution in [0.1, 0.15) is 27.0 Å². The normalized spacial score (nSPS) is 11.1. The second-order valence-electron chi connectivity index (χ2n) is 7.04. The molecule has 1 amide bonds. The molecule has 3 rings (SSSR count). The predicted molar refractivity (Wildman–Crippen MR) is 116 cm³/mol. The van der Waals surface area contributed by atoms with Gasteiger partial charge in [-0.25, -0.2) is 0 Å². The van der Waals surface area contributed by atoms with E-state index in [0.29, 0.717) is 16.8 Å². The minimum absolute atomic E-state index is 0.0195. The molecule has 0 bridgehead atoms. The maximum atomic E-state index is 12.6. The molecule has 8 nitrogen and oxygen atoms in total. The number of aryl methyl sites for hydroxylation is 3. The number of benzene rings is 3. The van der Waals surface area contributed by atoms with Crippen LogP contribution >= 0.6 is 0 Å². The zero-order chi connectivity index (χ0) is 22.8. The minimum Gasteiger partial charge on any atom is -0.379 e. The number of carbonyl (C=O) groups is 1. The molecule has 1 N–H and O–H groups in total. The molecule has 0 aromatic heterocycles. The quantitative estimate of drug-likeness (QED) is 0.342. The SMILES string of the molecule is Cc1ccc(NC(=O)c2ccc(OS(=O)(=O)c3cc([N+](=O)[O-])ccc3C)cc2)c(C)c1. The molecule has 31 heavy (non-hydrogen) atoms. The molecule has 3 aromatic carbocycles. The molecular formula is C22H20N2O6S. The third-order valence-corrected chi connectivity index (χ3v) is 5.99. The van der Waals surface area contributed by atoms with Crippen molar-refractivity contribution in [2.24, 2.45) is 0 Å². The number of hydrogen-bond donors (Lipinski definition) is 1. The van der Waals surface area contributed by atoms with Crippen molar-refractivity contribution in [2.75, 3.05) is 5.32 Å². The van der Waals surface area contributed by atoms with Crippen molar-refractivity contribution < 1.29 is 22.3 Å². The van der Waals surface area contributed by atoms with Gasteiger partial charge in [-0.15, -0.1) is 0 Å². The number of nitrogens with one attached hydrogen (secondary N) is 1. The van der Waals surface area contributed by atoms with Crippen LogP contribution in [0.3, 0.4) is 0 Å². The Morgan fingerprint density at radius 1 is 0.935 bits per heavy atom. The van der Waals surface area contributed by atoms with Crippen molar-refractivity contribution in [1.82, 2.24) is 0 Å². The molecule has 0 aliphatic rings. The number of carbonyl (C=O) groups excluding carboxylic acids is 1. The molecule has 0 aliphatic carbocycles. The fraction of sp³-hybridized carbons (Fsp3) is 0.136. The second-order valence-corrected chi connectivity index (χ2v) is 8.56. The van der Waals surface area contributed by atoms with Gasteiger partial charge in [0.15, 0.2) is 0 Å². The average Bonchev–Trinajstić information content (AvgIpc) is 2.70. The smallest absolute Gasteiger partial charge is 0.339 e. The summed E-state index contributed by atoms with van der Waals surface area (Å²) in [6.07, 6.45) is 0. The summed E-state index contributed by atoms with van der Waals surface area (Å²) >= 11 is 0. The molecule has 0 aliphatic heterocycles. The van der Waals surface area contributed by atoms with Crippen LogP contribution in [0.2, 0.25) is 0 Å². The number of non-ortho nitro benzene ring substituents is 1. The Balaban J connectivity index is 1.78. The lowest BCUT2D eigenvalue weighted by molar-refractivity contribution is -0.385. The molecule has 0 saturated carbocycles. The summed E-state index contributed by atoms with van der Waals surface area (Å²) in [5.41, 5.74) is 2.96. The lowest BCUT2D eigenvalue weighted by atomic mass is 10.1. The van der Waals surface area contributed by atoms with Crippen molar-refractivity contribution in [3.63, 3.8) is 0 Å². The van der Waals surface area contributed by atoms with Gasteiger partial charge in [-0.2, -0.15) is 8.42 Å². The molecule has 3 aromatic rings. The molecule has 0 atom stereocenters. The van der Waals surface area contributed by atoms with Gasteiger partial charge in [0.2, 0.25) is 0 Å². The van der Waals surface area contributed by atoms with Crippen LogP contribution in [0.4, 0.5) is 11.4 Å². The fourth-order valence-corrected chi connectivity index (χ4v) is 4.14. The second kappa shape index (κ2) is 8.57. The summed E-state index contributed by atoms with van der Waals surface area (Å²) in [7, 11) is -4.30. The van der Waals surface area contributed by atoms with E-state index in [1.807, 2.05) is 32.0 Å². The maximum absolute atomic E-state index is 12.6. The van der Waals surface area contributed by atoms with Gasteiger partial charge in [0.1, 0.15) is 10.6 Å². The first-order valence-electron chi connectivity index (χ1n) is 9.25. The van der Waals surface area contributed by atoms with E-state index >= 15 is 0 Å². The fourth-order valence-electron chi connectivity index (χ4n) is 2.95. The topological polar surface area (TPSA) is 116 Å². The molecule has 9 heteroatoms. The van der Waals surface area contributed by atoms with Crippen molar-refractivity contribution in [3.05, 3.63) is 93.0 Å². The summed E-state index contributed by atoms with van der Waals surface area (Å²) in [4.78, 5) is 22.5. The van der Waals surface area contributed by atoms with Crippen molar-refractivity contribution >= 4 is 27.4 Å². The van der Waals surface area contributed by atoms with Crippen molar-refractivity contribution in [1.29, 1.82) is 0 Å². The highest BCUT2D eigenvalue weighted by molar-refractivity contribution is 7.87. The van der Waals surface area contributed by atoms with Crippen LogP contribution in [0.5, 0.6) is 5.75 Å². The maximum Gasteiger partial charge on any atom is 0.339 e. The Morgan fingerprint density at radius 2 is 1.61 bits per heavy atom. The van der Waals surface area contributed by atoms with Gasteiger partial charge in [0, 0.05) is 23.4 Å². The highest BCUT2D eigenvalue weighted by Gasteiger charge is 2.23. The van der Waals surface area contributed by atoms with E-state index in [1.165, 1.54) is 43.3 Å². The summed E-state index contributed by atoms with van der Waals surface area (Å²) < 4.78 is 30.3. The van der Waals surface area contributed by atoms with E-state index in [2.05, 4.69) is 5.32 Å². The van der Waals surface area contributed by atoms with Crippen molar-refractivity contribution in [3.8, 4) is 5.75 Å². The third-order valence-electron chi connectivity index (χ3n) is 4.60. The van der Waals surface area contributed by atoms with Crippen LogP contribution in [0, 0.1) is 30.9 Å². The van der Waals surface area contributed by atoms with E-state index in [1.54, 1.807) is 0 Å². The Morgan fingerprint density at radius 3 is 2.23 bits per heavy atom. The van der Waals surface area contributed by atoms with Crippen LogP contribution in [-0.2, 0) is 10.1 Å². The zero-order valence-electron chi connectivity index (χ0n) is 17.1. The summed E-state index contributed by atoms with van der Waals surface area (Å²) in [6, 6.07) is 14.7. The van der Waals surface area contributed by atoms with Gasteiger partial charge in [-0.3, -0.25) is 14.9 Å². The largest absolute Gasteiger partial charge is 0.379 e. The average molecular weight is 440 g/mol. The van der Waals surface area contributed by atoms with Crippen molar-refractivity contribution in [2.45, 2.75) is 25.7 Å². The molecular weight excluding hydrogens is 420 g/mol. The standard InChI is InChI=1S/C22H20N2O6S/c1-14-4-11-20(16(3)12-14)23-22(25)17-6-9-19(10-7-17)30-31(28,29)21-13-18(24(26)27)8-5-15(21)2/h4-13H,1-3H3,(H,23,25). The van der Waals surface area contributed by atoms with Crippen LogP contribution in [0.15, 0.2) is 65.6 Å². The summed E-state index contributed by atoms with van der Waals surface area (Å²) in [5, 5.41) is 13.8. The van der Waals surface area contributed by atoms with Gasteiger partial charge in [0.25, 0.3) is 11.6 Å². The number of nitro groups is 1. The first-order chi connectivity index (χ1) is 14.6. The molecule has 0 spiro atoms. The highest BCUT2D eigenvalue weighted by atomic mass is 32.2. The molecule has 0 saturated heterocycles. The lowest BCUT2D eigenvalue weighted by Crippen LogP contribution is -2.14. The summed E-state index contributed by atoms with van der Waals surface area (Å²) in [5.74, 6) is -0.370. The molecule has 0 unspecified atom stereocenters. The van der Waals surface area contributed by atoms with Gasteiger partial charge in [-0.1, -0.05) is 23.8 Å². The first kappa shape index (κ1) is 22.0. The highest BCUT2D eigenvalue weighted by Crippen LogP contribution is 2.26. The van der Waals surface area contributed by atoms with Crippen LogP contribution < -0.4 is 9.50 Å². The predicted octanol–water partition coefficient (Wildman–Crippen LogP) is 4.54. The monoisotopic (exact) mass is 440 g/mol. The number of hydrogen-bond acceptors (Lipinski definition) is 6. The third kappa shape index (κ3) is 5.07. The molecule has 0 fully saturated rings. The lowest BCUT2D eigenvalue weighted by Gasteiger charge is -2.11. The minimum atomic E-state index is -4.30. The molecule has 0 heterocycles. The zero-order valence-corrected chi connectivity index (χ0v) is 17.9. The summed E-state index contributed by atoms with van der Waals surface area (Å²) in [6.45, 7) is 5.36. The number of anilines is 1. The van der Waals surface area contributed by atoms with E-state index in [0.717, 1.165) is 17.2 Å². The Kier molecular flexibility index (Phi) is 6.07. The first-order valence-corrected chi connectivity index (χ1v) is 10.7. The molecule has 0 radical (unpaired) electrons. The number of rotatable bonds is 6. The molecule has 160 valence electrons. The Bertz CT molecular complexity index is 1270. The van der Waals surface area contributed by atoms with Gasteiger partial charge in [0.05, 0.1) is 4.92 Å². The van der Waals surface area contributed by atoms with E-state index in [4.69, 9.17) is 4.18 Å². The van der Waals surface area contributed by atoms with Crippen LogP contribution in [0.25, 0.3) is 0 Å². The number of nitro benzene ring substituents is 1. The Labute approximate surface area is 179 Å². The number of nitrogens with zero attached hydrogens (tertiary/aromatic N) is 1. The Hall–Kier alpha value is -3.72. The number of amides is 1. The van der Waals surface area contributed by atoms with E-state index < -0.39 is 15.0 Å². The van der Waals surface area contributed by atoms with Gasteiger partial charge < -0.3 is 9.50 Å². The van der Waals surface area contributed by atoms with Gasteiger partial charge in [-0.05, 0) is 62.2 Å². The van der Waals surface area contributed by atoms with Crippen LogP contribution in [-0.4, -0.2) is 19.2 Å². The van der Waals surface area contributed by atoms with Gasteiger partial charge >= 0.3 is 10.1 Å². The van der Waals surface area contributed by atoms with E-state index in [-0.39, 0.29) is 22.2 Å².